The van der Waals surface area contributed by atoms with E-state index >= 15 is 0 Å². The summed E-state index contributed by atoms with van der Waals surface area (Å²) in [4.78, 5) is 13.0. The van der Waals surface area contributed by atoms with E-state index in [1.165, 1.54) is 0 Å². The molecule has 1 aromatic carbocycles. The highest BCUT2D eigenvalue weighted by Crippen LogP contribution is 2.49. The molecule has 2 heteroatoms. The number of carbonyl (C=O) groups is 1. The largest absolute Gasteiger partial charge is 0.393 e. The van der Waals surface area contributed by atoms with E-state index < -0.39 is 0 Å². The first-order valence-electron chi connectivity index (χ1n) is 8.79. The number of benzene rings is 1. The Kier molecular flexibility index (Phi) is 5.06. The minimum Gasteiger partial charge on any atom is -0.393 e. The molecule has 1 aromatic rings. The van der Waals surface area contributed by atoms with Crippen molar-refractivity contribution < 1.29 is 9.90 Å². The lowest BCUT2D eigenvalue weighted by molar-refractivity contribution is -0.0780. The van der Waals surface area contributed by atoms with Crippen LogP contribution >= 0.6 is 0 Å². The van der Waals surface area contributed by atoms with Gasteiger partial charge in [-0.15, -0.1) is 0 Å². The third-order valence-corrected chi connectivity index (χ3v) is 5.56. The molecule has 1 aliphatic carbocycles. The molecule has 2 nitrogen and oxygen atoms in total. The first-order valence-corrected chi connectivity index (χ1v) is 8.79. The summed E-state index contributed by atoms with van der Waals surface area (Å²) < 4.78 is 0. The van der Waals surface area contributed by atoms with E-state index in [1.807, 2.05) is 30.3 Å². The summed E-state index contributed by atoms with van der Waals surface area (Å²) in [6.45, 7) is 13.1. The molecule has 1 aliphatic rings. The van der Waals surface area contributed by atoms with Crippen molar-refractivity contribution in [3.63, 3.8) is 0 Å². The predicted octanol–water partition coefficient (Wildman–Crippen LogP) is 4.96. The van der Waals surface area contributed by atoms with Crippen LogP contribution in [0, 0.1) is 28.6 Å². The van der Waals surface area contributed by atoms with Gasteiger partial charge in [0, 0.05) is 11.5 Å². The molecule has 23 heavy (non-hydrogen) atoms. The average Bonchev–Trinajstić information content (AvgIpc) is 2.45. The second kappa shape index (κ2) is 6.39. The Bertz CT molecular complexity index is 509. The smallest absolute Gasteiger partial charge is 0.165 e. The molecule has 2 unspecified atom stereocenters. The summed E-state index contributed by atoms with van der Waals surface area (Å²) in [5.41, 5.74) is 0.797. The van der Waals surface area contributed by atoms with Gasteiger partial charge in [-0.25, -0.2) is 0 Å². The van der Waals surface area contributed by atoms with Crippen LogP contribution in [0.15, 0.2) is 30.3 Å². The van der Waals surface area contributed by atoms with E-state index in [4.69, 9.17) is 0 Å². The zero-order valence-corrected chi connectivity index (χ0v) is 15.5. The molecule has 0 saturated heterocycles. The molecular weight excluding hydrogens is 284 g/mol. The van der Waals surface area contributed by atoms with Gasteiger partial charge in [0.05, 0.1) is 6.10 Å². The Morgan fingerprint density at radius 3 is 1.74 bits per heavy atom. The lowest BCUT2D eigenvalue weighted by Gasteiger charge is -2.49. The summed E-state index contributed by atoms with van der Waals surface area (Å²) in [6, 6.07) is 9.61. The molecule has 0 spiro atoms. The fourth-order valence-corrected chi connectivity index (χ4v) is 4.05. The fourth-order valence-electron chi connectivity index (χ4n) is 4.05. The maximum absolute atomic E-state index is 13.0. The number of hydrogen-bond donors (Lipinski definition) is 1. The van der Waals surface area contributed by atoms with Crippen molar-refractivity contribution in [1.29, 1.82) is 0 Å². The first kappa shape index (κ1) is 18.2. The van der Waals surface area contributed by atoms with Gasteiger partial charge in [0.2, 0.25) is 0 Å². The summed E-state index contributed by atoms with van der Waals surface area (Å²) in [5, 5.41) is 11.0. The van der Waals surface area contributed by atoms with Gasteiger partial charge in [0.15, 0.2) is 5.78 Å². The van der Waals surface area contributed by atoms with Gasteiger partial charge in [-0.2, -0.15) is 0 Å². The Balaban J connectivity index is 2.32. The predicted molar refractivity (Wildman–Crippen MR) is 95.4 cm³/mol. The Hall–Kier alpha value is -1.15. The van der Waals surface area contributed by atoms with Crippen LogP contribution in [-0.2, 0) is 0 Å². The minimum absolute atomic E-state index is 0.00143. The Morgan fingerprint density at radius 2 is 1.35 bits per heavy atom. The molecule has 0 aromatic heterocycles. The molecule has 1 saturated carbocycles. The average molecular weight is 316 g/mol. The summed E-state index contributed by atoms with van der Waals surface area (Å²) in [6.07, 6.45) is 1.23. The van der Waals surface area contributed by atoms with Crippen LogP contribution in [0.3, 0.4) is 0 Å². The van der Waals surface area contributed by atoms with E-state index in [0.717, 1.165) is 18.4 Å². The van der Waals surface area contributed by atoms with Gasteiger partial charge < -0.3 is 5.11 Å². The molecule has 0 aliphatic heterocycles. The van der Waals surface area contributed by atoms with E-state index in [0.29, 0.717) is 0 Å². The first-order chi connectivity index (χ1) is 10.5. The molecule has 0 bridgehead atoms. The number of hydrogen-bond acceptors (Lipinski definition) is 2. The molecule has 1 N–H and O–H groups in total. The lowest BCUT2D eigenvalue weighted by atomic mass is 9.58. The lowest BCUT2D eigenvalue weighted by Crippen LogP contribution is -2.49. The van der Waals surface area contributed by atoms with Crippen molar-refractivity contribution in [3.05, 3.63) is 35.9 Å². The highest BCUT2D eigenvalue weighted by molar-refractivity contribution is 5.97. The molecule has 0 amide bonds. The molecular formula is C21H32O2. The maximum Gasteiger partial charge on any atom is 0.165 e. The van der Waals surface area contributed by atoms with Crippen molar-refractivity contribution >= 4 is 5.78 Å². The van der Waals surface area contributed by atoms with Crippen LogP contribution < -0.4 is 0 Å². The standard InChI is InChI=1S/C21H32O2/c1-20(2,3)16-12-15(13-17(19(16)23)21(4,5)6)18(22)14-10-8-7-9-11-14/h7-11,15-17,19,23H,12-13H2,1-6H3. The number of ketones is 1. The summed E-state index contributed by atoms with van der Waals surface area (Å²) in [5.74, 6) is 0.548. The Morgan fingerprint density at radius 1 is 0.913 bits per heavy atom. The topological polar surface area (TPSA) is 37.3 Å². The third-order valence-electron chi connectivity index (χ3n) is 5.56. The molecule has 1 fully saturated rings. The van der Waals surface area contributed by atoms with Crippen LogP contribution in [0.25, 0.3) is 0 Å². The van der Waals surface area contributed by atoms with Gasteiger partial charge in [-0.3, -0.25) is 4.79 Å². The second-order valence-electron chi connectivity index (χ2n) is 9.33. The van der Waals surface area contributed by atoms with Crippen LogP contribution in [-0.4, -0.2) is 17.0 Å². The van der Waals surface area contributed by atoms with Gasteiger partial charge in [-0.05, 0) is 35.5 Å². The normalized spacial score (nSPS) is 29.3. The summed E-state index contributed by atoms with van der Waals surface area (Å²) >= 11 is 0. The molecule has 0 radical (unpaired) electrons. The number of aliphatic hydroxyl groups excluding tert-OH is 1. The van der Waals surface area contributed by atoms with Gasteiger partial charge in [0.1, 0.15) is 0 Å². The molecule has 0 heterocycles. The number of aliphatic hydroxyl groups is 1. The van der Waals surface area contributed by atoms with Crippen molar-refractivity contribution in [1.82, 2.24) is 0 Å². The van der Waals surface area contributed by atoms with Gasteiger partial charge >= 0.3 is 0 Å². The SMILES string of the molecule is CC(C)(C)C1CC(C(=O)c2ccccc2)CC(C(C)(C)C)C1O. The second-order valence-corrected chi connectivity index (χ2v) is 9.33. The highest BCUT2D eigenvalue weighted by atomic mass is 16.3. The zero-order valence-electron chi connectivity index (χ0n) is 15.5. The molecule has 2 rings (SSSR count). The van der Waals surface area contributed by atoms with E-state index in [1.54, 1.807) is 0 Å². The van der Waals surface area contributed by atoms with Crippen molar-refractivity contribution in [2.24, 2.45) is 28.6 Å². The van der Waals surface area contributed by atoms with E-state index in [-0.39, 0.29) is 40.5 Å². The number of carbonyl (C=O) groups excluding carboxylic acids is 1. The maximum atomic E-state index is 13.0. The number of rotatable bonds is 2. The van der Waals surface area contributed by atoms with Crippen molar-refractivity contribution in [3.8, 4) is 0 Å². The van der Waals surface area contributed by atoms with Crippen molar-refractivity contribution in [2.45, 2.75) is 60.5 Å². The number of Topliss-reactive ketones (excluding diaryl/α,β-unsaturated/α-hetero) is 1. The van der Waals surface area contributed by atoms with Gasteiger partial charge in [-0.1, -0.05) is 71.9 Å². The van der Waals surface area contributed by atoms with Crippen LogP contribution in [0.4, 0.5) is 0 Å². The van der Waals surface area contributed by atoms with Crippen LogP contribution in [0.5, 0.6) is 0 Å². The minimum atomic E-state index is -0.338. The monoisotopic (exact) mass is 316 g/mol. The summed E-state index contributed by atoms with van der Waals surface area (Å²) in [7, 11) is 0. The van der Waals surface area contributed by atoms with Crippen molar-refractivity contribution in [2.75, 3.05) is 0 Å². The zero-order chi connectivity index (χ0) is 17.4. The van der Waals surface area contributed by atoms with E-state index in [2.05, 4.69) is 41.5 Å². The fraction of sp³-hybridized carbons (Fsp3) is 0.667. The molecule has 128 valence electrons. The highest BCUT2D eigenvalue weighted by Gasteiger charge is 2.47. The molecule has 2 atom stereocenters. The van der Waals surface area contributed by atoms with E-state index in [9.17, 15) is 9.90 Å². The quantitative estimate of drug-likeness (QED) is 0.783. The van der Waals surface area contributed by atoms with Crippen LogP contribution in [0.2, 0.25) is 0 Å². The van der Waals surface area contributed by atoms with Gasteiger partial charge in [0.25, 0.3) is 0 Å². The van der Waals surface area contributed by atoms with Crippen LogP contribution in [0.1, 0.15) is 64.7 Å². The Labute approximate surface area is 141 Å². The third kappa shape index (κ3) is 4.03.